The molecule has 0 atom stereocenters. The Labute approximate surface area is 161 Å². The molecule has 0 radical (unpaired) electrons. The fourth-order valence-corrected chi connectivity index (χ4v) is 3.55. The number of ether oxygens (including phenoxy) is 3. The predicted molar refractivity (Wildman–Crippen MR) is 104 cm³/mol. The van der Waals surface area contributed by atoms with Gasteiger partial charge in [-0.05, 0) is 12.1 Å². The molecule has 1 aliphatic heterocycles. The van der Waals surface area contributed by atoms with E-state index in [1.54, 1.807) is 20.3 Å². The Kier molecular flexibility index (Phi) is 6.61. The van der Waals surface area contributed by atoms with E-state index in [2.05, 4.69) is 20.4 Å². The molecule has 144 valence electrons. The van der Waals surface area contributed by atoms with Gasteiger partial charge in [-0.2, -0.15) is 5.10 Å². The second-order valence-corrected chi connectivity index (χ2v) is 6.61. The third-order valence-electron chi connectivity index (χ3n) is 3.99. The normalized spacial score (nSPS) is 14.4. The summed E-state index contributed by atoms with van der Waals surface area (Å²) < 4.78 is 15.9. The van der Waals surface area contributed by atoms with E-state index in [0.29, 0.717) is 30.3 Å². The van der Waals surface area contributed by atoms with E-state index < -0.39 is 0 Å². The zero-order chi connectivity index (χ0) is 19.1. The largest absolute Gasteiger partial charge is 0.493 e. The van der Waals surface area contributed by atoms with Gasteiger partial charge in [0.1, 0.15) is 0 Å². The molecule has 0 unspecified atom stereocenters. The van der Waals surface area contributed by atoms with Crippen LogP contribution in [0.5, 0.6) is 11.5 Å². The van der Waals surface area contributed by atoms with Gasteiger partial charge in [-0.1, -0.05) is 6.07 Å². The number of para-hydroxylation sites is 1. The van der Waals surface area contributed by atoms with Crippen molar-refractivity contribution in [2.24, 2.45) is 5.10 Å². The second-order valence-electron chi connectivity index (χ2n) is 5.77. The molecule has 0 bridgehead atoms. The van der Waals surface area contributed by atoms with Gasteiger partial charge in [-0.15, -0.1) is 11.3 Å². The number of morpholine rings is 1. The van der Waals surface area contributed by atoms with Crippen molar-refractivity contribution < 1.29 is 19.0 Å². The van der Waals surface area contributed by atoms with Gasteiger partial charge < -0.3 is 19.1 Å². The molecule has 0 saturated carbocycles. The minimum absolute atomic E-state index is 0.174. The predicted octanol–water partition coefficient (Wildman–Crippen LogP) is 1.69. The number of hydrogen-bond donors (Lipinski definition) is 1. The van der Waals surface area contributed by atoms with E-state index in [0.717, 1.165) is 23.9 Å². The number of anilines is 1. The van der Waals surface area contributed by atoms with Crippen LogP contribution in [0.1, 0.15) is 11.3 Å². The molecule has 1 fully saturated rings. The summed E-state index contributed by atoms with van der Waals surface area (Å²) in [6.45, 7) is 3.06. The van der Waals surface area contributed by atoms with Crippen LogP contribution in [-0.4, -0.2) is 57.6 Å². The van der Waals surface area contributed by atoms with Gasteiger partial charge in [0.25, 0.3) is 0 Å². The molecule has 27 heavy (non-hydrogen) atoms. The molecule has 1 aliphatic rings. The number of benzene rings is 1. The Morgan fingerprint density at radius 2 is 2.19 bits per heavy atom. The quantitative estimate of drug-likeness (QED) is 0.572. The topological polar surface area (TPSA) is 85.3 Å². The maximum absolute atomic E-state index is 12.1. The molecule has 1 N–H and O–H groups in total. The molecule has 1 aromatic heterocycles. The lowest BCUT2D eigenvalue weighted by Gasteiger charge is -2.26. The maximum atomic E-state index is 12.1. The van der Waals surface area contributed by atoms with Crippen LogP contribution in [0.3, 0.4) is 0 Å². The first-order valence-corrected chi connectivity index (χ1v) is 9.39. The Morgan fingerprint density at radius 3 is 2.93 bits per heavy atom. The highest BCUT2D eigenvalue weighted by Crippen LogP contribution is 2.29. The number of methoxy groups -OCH3 is 2. The van der Waals surface area contributed by atoms with E-state index >= 15 is 0 Å². The molecule has 2 aromatic rings. The number of carbonyl (C=O) groups excluding carboxylic acids is 1. The fraction of sp³-hybridized carbons (Fsp3) is 0.389. The molecule has 0 spiro atoms. The summed E-state index contributed by atoms with van der Waals surface area (Å²) in [6, 6.07) is 5.45. The second kappa shape index (κ2) is 9.33. The lowest BCUT2D eigenvalue weighted by Crippen LogP contribution is -2.36. The highest BCUT2D eigenvalue weighted by molar-refractivity contribution is 7.13. The SMILES string of the molecule is COc1cccc(/C=N\NC(=O)Cc2csc(N3CCOCC3)n2)c1OC. The number of rotatable bonds is 7. The van der Waals surface area contributed by atoms with Crippen LogP contribution in [0, 0.1) is 0 Å². The van der Waals surface area contributed by atoms with Crippen LogP contribution in [0.2, 0.25) is 0 Å². The van der Waals surface area contributed by atoms with Crippen molar-refractivity contribution in [1.29, 1.82) is 0 Å². The Bertz CT molecular complexity index is 802. The van der Waals surface area contributed by atoms with E-state index in [-0.39, 0.29) is 12.3 Å². The minimum atomic E-state index is -0.230. The summed E-state index contributed by atoms with van der Waals surface area (Å²) in [5.41, 5.74) is 3.96. The highest BCUT2D eigenvalue weighted by Gasteiger charge is 2.15. The van der Waals surface area contributed by atoms with Crippen LogP contribution in [0.25, 0.3) is 0 Å². The van der Waals surface area contributed by atoms with Crippen LogP contribution < -0.4 is 19.8 Å². The van der Waals surface area contributed by atoms with Gasteiger partial charge in [0.05, 0.1) is 45.8 Å². The zero-order valence-electron chi connectivity index (χ0n) is 15.3. The Hall–Kier alpha value is -2.65. The highest BCUT2D eigenvalue weighted by atomic mass is 32.1. The minimum Gasteiger partial charge on any atom is -0.493 e. The molecule has 9 heteroatoms. The van der Waals surface area contributed by atoms with Crippen molar-refractivity contribution in [1.82, 2.24) is 10.4 Å². The van der Waals surface area contributed by atoms with E-state index in [9.17, 15) is 4.79 Å². The lowest BCUT2D eigenvalue weighted by molar-refractivity contribution is -0.120. The summed E-state index contributed by atoms with van der Waals surface area (Å²) >= 11 is 1.54. The third kappa shape index (κ3) is 4.95. The Balaban J connectivity index is 1.56. The average Bonchev–Trinajstić information content (AvgIpc) is 3.16. The molecule has 0 aliphatic carbocycles. The number of aromatic nitrogens is 1. The smallest absolute Gasteiger partial charge is 0.246 e. The van der Waals surface area contributed by atoms with Crippen molar-refractivity contribution in [2.45, 2.75) is 6.42 Å². The maximum Gasteiger partial charge on any atom is 0.246 e. The van der Waals surface area contributed by atoms with E-state index in [1.807, 2.05) is 17.5 Å². The third-order valence-corrected chi connectivity index (χ3v) is 4.94. The van der Waals surface area contributed by atoms with Crippen molar-refractivity contribution in [3.8, 4) is 11.5 Å². The monoisotopic (exact) mass is 390 g/mol. The number of carbonyl (C=O) groups is 1. The number of nitrogens with one attached hydrogen (secondary N) is 1. The average molecular weight is 390 g/mol. The summed E-state index contributed by atoms with van der Waals surface area (Å²) in [4.78, 5) is 18.8. The molecule has 1 aromatic carbocycles. The van der Waals surface area contributed by atoms with Gasteiger partial charge in [-0.3, -0.25) is 4.79 Å². The number of amides is 1. The van der Waals surface area contributed by atoms with Crippen molar-refractivity contribution in [2.75, 3.05) is 45.4 Å². The number of nitrogens with zero attached hydrogens (tertiary/aromatic N) is 3. The van der Waals surface area contributed by atoms with Crippen LogP contribution in [0.15, 0.2) is 28.7 Å². The molecule has 2 heterocycles. The van der Waals surface area contributed by atoms with E-state index in [4.69, 9.17) is 14.2 Å². The summed E-state index contributed by atoms with van der Waals surface area (Å²) in [6.07, 6.45) is 1.70. The number of hydrogen-bond acceptors (Lipinski definition) is 8. The van der Waals surface area contributed by atoms with Crippen molar-refractivity contribution >= 4 is 28.6 Å². The van der Waals surface area contributed by atoms with Crippen molar-refractivity contribution in [3.63, 3.8) is 0 Å². The first kappa shape index (κ1) is 19.1. The fourth-order valence-electron chi connectivity index (χ4n) is 2.67. The molecule has 1 saturated heterocycles. The van der Waals surface area contributed by atoms with Gasteiger partial charge in [-0.25, -0.2) is 10.4 Å². The van der Waals surface area contributed by atoms with Gasteiger partial charge in [0.15, 0.2) is 16.6 Å². The number of hydrazone groups is 1. The molecule has 3 rings (SSSR count). The zero-order valence-corrected chi connectivity index (χ0v) is 16.1. The van der Waals surface area contributed by atoms with Gasteiger partial charge in [0, 0.05) is 24.0 Å². The molecular formula is C18H22N4O4S. The van der Waals surface area contributed by atoms with E-state index in [1.165, 1.54) is 17.6 Å². The van der Waals surface area contributed by atoms with Crippen LogP contribution in [-0.2, 0) is 16.0 Å². The van der Waals surface area contributed by atoms with Gasteiger partial charge in [0.2, 0.25) is 5.91 Å². The van der Waals surface area contributed by atoms with Crippen molar-refractivity contribution in [3.05, 3.63) is 34.8 Å². The first-order valence-electron chi connectivity index (χ1n) is 8.51. The Morgan fingerprint density at radius 1 is 1.37 bits per heavy atom. The summed E-state index contributed by atoms with van der Waals surface area (Å²) in [7, 11) is 3.13. The molecular weight excluding hydrogens is 368 g/mol. The molecule has 8 nitrogen and oxygen atoms in total. The lowest BCUT2D eigenvalue weighted by atomic mass is 10.2. The molecule has 1 amide bonds. The first-order chi connectivity index (χ1) is 13.2. The summed E-state index contributed by atoms with van der Waals surface area (Å²) in [5.74, 6) is 0.936. The van der Waals surface area contributed by atoms with Crippen LogP contribution >= 0.6 is 11.3 Å². The van der Waals surface area contributed by atoms with Gasteiger partial charge >= 0.3 is 0 Å². The standard InChI is InChI=1S/C18H22N4O4S/c1-24-15-5-3-4-13(17(15)25-2)11-19-21-16(23)10-14-12-27-18(20-14)22-6-8-26-9-7-22/h3-5,11-12H,6-10H2,1-2H3,(H,21,23)/b19-11-. The summed E-state index contributed by atoms with van der Waals surface area (Å²) in [5, 5.41) is 6.83. The van der Waals surface area contributed by atoms with Crippen LogP contribution in [0.4, 0.5) is 5.13 Å². The number of thiazole rings is 1.